The van der Waals surface area contributed by atoms with Crippen LogP contribution in [0.2, 0.25) is 0 Å². The van der Waals surface area contributed by atoms with Crippen LogP contribution in [-0.2, 0) is 11.8 Å². The van der Waals surface area contributed by atoms with Crippen molar-refractivity contribution in [1.29, 1.82) is 0 Å². The molecule has 0 fully saturated rings. The van der Waals surface area contributed by atoms with Gasteiger partial charge in [0.1, 0.15) is 0 Å². The first-order valence-corrected chi connectivity index (χ1v) is 4.84. The van der Waals surface area contributed by atoms with Crippen LogP contribution < -0.4 is 5.73 Å². The van der Waals surface area contributed by atoms with E-state index < -0.39 is 0 Å². The van der Waals surface area contributed by atoms with E-state index in [4.69, 9.17) is 10.5 Å². The highest BCUT2D eigenvalue weighted by molar-refractivity contribution is 5.08. The van der Waals surface area contributed by atoms with E-state index in [-0.39, 0.29) is 12.1 Å². The van der Waals surface area contributed by atoms with E-state index in [0.717, 1.165) is 5.69 Å². The number of nitrogens with zero attached hydrogens (tertiary/aromatic N) is 2. The van der Waals surface area contributed by atoms with Gasteiger partial charge in [-0.05, 0) is 12.0 Å². The normalized spacial score (nSPS) is 15.9. The highest BCUT2D eigenvalue weighted by atomic mass is 16.5. The van der Waals surface area contributed by atoms with Gasteiger partial charge in [-0.3, -0.25) is 4.68 Å². The summed E-state index contributed by atoms with van der Waals surface area (Å²) in [4.78, 5) is 0. The summed E-state index contributed by atoms with van der Waals surface area (Å²) >= 11 is 0. The molecule has 0 aliphatic rings. The predicted octanol–water partition coefficient (Wildman–Crippen LogP) is 1.09. The molecule has 0 aromatic carbocycles. The van der Waals surface area contributed by atoms with Crippen molar-refractivity contribution in [1.82, 2.24) is 9.78 Å². The second-order valence-electron chi connectivity index (χ2n) is 3.85. The fourth-order valence-electron chi connectivity index (χ4n) is 1.71. The quantitative estimate of drug-likeness (QED) is 0.786. The van der Waals surface area contributed by atoms with Crippen LogP contribution in [0.4, 0.5) is 0 Å². The van der Waals surface area contributed by atoms with Crippen molar-refractivity contribution in [3.05, 3.63) is 18.0 Å². The molecular weight excluding hydrogens is 178 g/mol. The molecule has 0 radical (unpaired) electrons. The zero-order valence-electron chi connectivity index (χ0n) is 9.27. The van der Waals surface area contributed by atoms with Crippen molar-refractivity contribution >= 4 is 0 Å². The molecule has 0 aliphatic heterocycles. The van der Waals surface area contributed by atoms with E-state index >= 15 is 0 Å². The third-order valence-electron chi connectivity index (χ3n) is 2.48. The molecule has 2 atom stereocenters. The Balaban J connectivity index is 2.83. The molecule has 4 nitrogen and oxygen atoms in total. The number of nitrogens with two attached hydrogens (primary N) is 1. The largest absolute Gasteiger partial charge is 0.379 e. The van der Waals surface area contributed by atoms with Crippen LogP contribution in [0, 0.1) is 5.92 Å². The molecule has 0 aliphatic carbocycles. The third-order valence-corrected chi connectivity index (χ3v) is 2.48. The molecule has 80 valence electrons. The number of methoxy groups -OCH3 is 1. The van der Waals surface area contributed by atoms with Crippen molar-refractivity contribution in [2.45, 2.75) is 26.0 Å². The van der Waals surface area contributed by atoms with Crippen molar-refractivity contribution in [2.24, 2.45) is 18.7 Å². The van der Waals surface area contributed by atoms with Gasteiger partial charge in [-0.2, -0.15) is 5.10 Å². The van der Waals surface area contributed by atoms with Gasteiger partial charge in [0.2, 0.25) is 0 Å². The summed E-state index contributed by atoms with van der Waals surface area (Å²) in [6, 6.07) is 1.81. The Kier molecular flexibility index (Phi) is 3.66. The molecule has 1 aromatic rings. The molecule has 0 bridgehead atoms. The molecule has 2 unspecified atom stereocenters. The van der Waals surface area contributed by atoms with Crippen molar-refractivity contribution in [3.8, 4) is 0 Å². The van der Waals surface area contributed by atoms with Crippen molar-refractivity contribution < 1.29 is 4.74 Å². The maximum atomic E-state index is 6.11. The van der Waals surface area contributed by atoms with Crippen LogP contribution in [0.5, 0.6) is 0 Å². The minimum Gasteiger partial charge on any atom is -0.379 e. The van der Waals surface area contributed by atoms with Gasteiger partial charge < -0.3 is 10.5 Å². The van der Waals surface area contributed by atoms with Gasteiger partial charge >= 0.3 is 0 Å². The SMILES string of the molecule is COC(C(C)C)C(N)c1ccnn1C. The molecular formula is C10H19N3O. The monoisotopic (exact) mass is 197 g/mol. The van der Waals surface area contributed by atoms with Gasteiger partial charge in [-0.25, -0.2) is 0 Å². The Morgan fingerprint density at radius 2 is 2.14 bits per heavy atom. The zero-order chi connectivity index (χ0) is 10.7. The number of hydrogen-bond acceptors (Lipinski definition) is 3. The first kappa shape index (κ1) is 11.2. The minimum atomic E-state index is -0.118. The summed E-state index contributed by atoms with van der Waals surface area (Å²) in [5.74, 6) is 0.393. The number of rotatable bonds is 4. The lowest BCUT2D eigenvalue weighted by Gasteiger charge is -2.25. The predicted molar refractivity (Wildman–Crippen MR) is 55.8 cm³/mol. The highest BCUT2D eigenvalue weighted by Gasteiger charge is 2.24. The first-order chi connectivity index (χ1) is 6.57. The van der Waals surface area contributed by atoms with E-state index in [1.54, 1.807) is 18.0 Å². The fourth-order valence-corrected chi connectivity index (χ4v) is 1.71. The molecule has 1 rings (SSSR count). The topological polar surface area (TPSA) is 53.1 Å². The van der Waals surface area contributed by atoms with Crippen molar-refractivity contribution in [2.75, 3.05) is 7.11 Å². The Labute approximate surface area is 85.0 Å². The lowest BCUT2D eigenvalue weighted by Crippen LogP contribution is -2.33. The summed E-state index contributed by atoms with van der Waals surface area (Å²) in [7, 11) is 3.59. The fraction of sp³-hybridized carbons (Fsp3) is 0.700. The third kappa shape index (κ3) is 2.13. The van der Waals surface area contributed by atoms with E-state index in [1.807, 2.05) is 13.1 Å². The molecule has 1 aromatic heterocycles. The van der Waals surface area contributed by atoms with Crippen LogP contribution in [0.15, 0.2) is 12.3 Å². The van der Waals surface area contributed by atoms with Gasteiger partial charge in [0.25, 0.3) is 0 Å². The number of aromatic nitrogens is 2. The Hall–Kier alpha value is -0.870. The lowest BCUT2D eigenvalue weighted by atomic mass is 9.98. The summed E-state index contributed by atoms with van der Waals surface area (Å²) in [5.41, 5.74) is 7.12. The van der Waals surface area contributed by atoms with Crippen LogP contribution in [0.1, 0.15) is 25.6 Å². The van der Waals surface area contributed by atoms with Crippen LogP contribution in [-0.4, -0.2) is 23.0 Å². The minimum absolute atomic E-state index is 0.0328. The smallest absolute Gasteiger partial charge is 0.0801 e. The first-order valence-electron chi connectivity index (χ1n) is 4.84. The molecule has 0 saturated carbocycles. The summed E-state index contributed by atoms with van der Waals surface area (Å²) in [6.45, 7) is 4.20. The number of ether oxygens (including phenoxy) is 1. The van der Waals surface area contributed by atoms with Crippen LogP contribution >= 0.6 is 0 Å². The lowest BCUT2D eigenvalue weighted by molar-refractivity contribution is 0.0417. The Bertz CT molecular complexity index is 283. The molecule has 0 saturated heterocycles. The number of hydrogen-bond donors (Lipinski definition) is 1. The van der Waals surface area contributed by atoms with Crippen LogP contribution in [0.25, 0.3) is 0 Å². The molecule has 0 amide bonds. The van der Waals surface area contributed by atoms with Crippen molar-refractivity contribution in [3.63, 3.8) is 0 Å². The maximum absolute atomic E-state index is 6.11. The van der Waals surface area contributed by atoms with Gasteiger partial charge in [0.15, 0.2) is 0 Å². The van der Waals surface area contributed by atoms with E-state index in [2.05, 4.69) is 18.9 Å². The van der Waals surface area contributed by atoms with Gasteiger partial charge in [0.05, 0.1) is 17.8 Å². The standard InChI is InChI=1S/C10H19N3O/c1-7(2)10(14-4)9(11)8-5-6-12-13(8)3/h5-7,9-10H,11H2,1-4H3. The second kappa shape index (κ2) is 4.57. The van der Waals surface area contributed by atoms with Gasteiger partial charge in [0, 0.05) is 20.4 Å². The molecule has 14 heavy (non-hydrogen) atoms. The van der Waals surface area contributed by atoms with E-state index in [0.29, 0.717) is 5.92 Å². The summed E-state index contributed by atoms with van der Waals surface area (Å²) in [5, 5.41) is 4.09. The summed E-state index contributed by atoms with van der Waals surface area (Å²) in [6.07, 6.45) is 1.78. The van der Waals surface area contributed by atoms with Crippen LogP contribution in [0.3, 0.4) is 0 Å². The Morgan fingerprint density at radius 3 is 2.50 bits per heavy atom. The van der Waals surface area contributed by atoms with Gasteiger partial charge in [-0.15, -0.1) is 0 Å². The molecule has 1 heterocycles. The number of aryl methyl sites for hydroxylation is 1. The Morgan fingerprint density at radius 1 is 1.50 bits per heavy atom. The highest BCUT2D eigenvalue weighted by Crippen LogP contribution is 2.21. The summed E-state index contributed by atoms with van der Waals surface area (Å²) < 4.78 is 7.18. The molecule has 2 N–H and O–H groups in total. The zero-order valence-corrected chi connectivity index (χ0v) is 9.27. The average molecular weight is 197 g/mol. The maximum Gasteiger partial charge on any atom is 0.0801 e. The van der Waals surface area contributed by atoms with Gasteiger partial charge in [-0.1, -0.05) is 13.8 Å². The average Bonchev–Trinajstić information content (AvgIpc) is 2.51. The van der Waals surface area contributed by atoms with E-state index in [9.17, 15) is 0 Å². The molecule has 0 spiro atoms. The van der Waals surface area contributed by atoms with E-state index in [1.165, 1.54) is 0 Å². The second-order valence-corrected chi connectivity index (χ2v) is 3.85. The molecule has 4 heteroatoms.